The lowest BCUT2D eigenvalue weighted by Crippen LogP contribution is -1.91. The van der Waals surface area contributed by atoms with Gasteiger partial charge in [0.25, 0.3) is 0 Å². The summed E-state index contributed by atoms with van der Waals surface area (Å²) < 4.78 is 19.8. The molecule has 0 atom stereocenters. The van der Waals surface area contributed by atoms with E-state index in [-0.39, 0.29) is 0 Å². The van der Waals surface area contributed by atoms with Crippen LogP contribution >= 0.6 is 11.3 Å². The molecular formula is C102H64O3S. The van der Waals surface area contributed by atoms with Gasteiger partial charge in [0.15, 0.2) is 0 Å². The number of fused-ring (bicyclic) bond motifs is 14. The summed E-state index contributed by atoms with van der Waals surface area (Å²) in [5.74, 6) is 0. The highest BCUT2D eigenvalue weighted by molar-refractivity contribution is 7.08. The molecule has 4 heteroatoms. The monoisotopic (exact) mass is 1370 g/mol. The smallest absolute Gasteiger partial charge is 0.143 e. The zero-order valence-corrected chi connectivity index (χ0v) is 58.9. The van der Waals surface area contributed by atoms with E-state index < -0.39 is 0 Å². The molecule has 3 nitrogen and oxygen atoms in total. The Morgan fingerprint density at radius 1 is 0.198 bits per heavy atom. The molecule has 0 radical (unpaired) electrons. The van der Waals surface area contributed by atoms with Gasteiger partial charge in [0.1, 0.15) is 22.3 Å². The van der Waals surface area contributed by atoms with Crippen LogP contribution in [0.5, 0.6) is 0 Å². The van der Waals surface area contributed by atoms with Gasteiger partial charge in [-0.05, 0) is 190 Å². The van der Waals surface area contributed by atoms with E-state index in [1.807, 2.05) is 12.5 Å². The minimum atomic E-state index is 0.877. The van der Waals surface area contributed by atoms with E-state index in [4.69, 9.17) is 13.3 Å². The molecule has 0 saturated carbocycles. The Kier molecular flexibility index (Phi) is 14.3. The zero-order valence-electron chi connectivity index (χ0n) is 58.1. The summed E-state index contributed by atoms with van der Waals surface area (Å²) in [4.78, 5) is 0. The van der Waals surface area contributed by atoms with E-state index in [2.05, 4.69) is 352 Å². The van der Waals surface area contributed by atoms with Gasteiger partial charge in [0, 0.05) is 54.9 Å². The van der Waals surface area contributed by atoms with Crippen LogP contribution in [0, 0.1) is 13.8 Å². The number of furan rings is 3. The van der Waals surface area contributed by atoms with Crippen molar-refractivity contribution in [3.8, 4) is 89.0 Å². The SMILES string of the molecule is Cc1cocc1-c1c2ccccc2c(-c2cccc3oc4c(-c5c6ccccc6c(-c6ccccc6)c6ccccc56)cccc4c23)c2ccccc12.Cc1cscc1-c1c2ccccc2c(-c2cccc3oc4c(-c5c6ccccc6c(-c6ccccc6)c6ccccc56)cccc4c23)c2ccccc12. The van der Waals surface area contributed by atoms with Crippen LogP contribution in [0.15, 0.2) is 364 Å². The van der Waals surface area contributed by atoms with Crippen LogP contribution in [0.25, 0.3) is 219 Å². The maximum Gasteiger partial charge on any atom is 0.143 e. The third-order valence-electron chi connectivity index (χ3n) is 22.2. The molecule has 18 aromatic carbocycles. The fourth-order valence-electron chi connectivity index (χ4n) is 17.8. The quantitative estimate of drug-likeness (QED) is 0.142. The molecule has 0 spiro atoms. The highest BCUT2D eigenvalue weighted by Crippen LogP contribution is 2.54. The second-order valence-corrected chi connectivity index (χ2v) is 28.7. The lowest BCUT2D eigenvalue weighted by atomic mass is 9.84. The van der Waals surface area contributed by atoms with Gasteiger partial charge in [0.2, 0.25) is 0 Å². The number of thiophene rings is 1. The van der Waals surface area contributed by atoms with Crippen molar-refractivity contribution in [2.75, 3.05) is 0 Å². The van der Waals surface area contributed by atoms with E-state index in [1.54, 1.807) is 11.3 Å². The number of aryl methyl sites for hydroxylation is 2. The molecule has 0 aliphatic carbocycles. The van der Waals surface area contributed by atoms with Crippen LogP contribution in [0.3, 0.4) is 0 Å². The molecule has 106 heavy (non-hydrogen) atoms. The van der Waals surface area contributed by atoms with Gasteiger partial charge in [-0.2, -0.15) is 11.3 Å². The fourth-order valence-corrected chi connectivity index (χ4v) is 18.7. The Morgan fingerprint density at radius 3 is 0.764 bits per heavy atom. The number of para-hydroxylation sites is 2. The standard InChI is InChI=1S/C51H32O2.C51H32OS/c1-31-29-52-30-44(31)49-39-23-11-9-21-37(39)47(38-22-10-12-24-40(38)49)41-25-14-28-45-50(41)43-27-13-26-42(51(43)53-45)48-35-19-7-5-17-33(35)46(32-15-3-2-4-16-32)34-18-6-8-20-36(34)48;1-31-29-53-30-44(31)49-39-23-11-9-21-37(39)47(38-22-10-12-24-40(38)49)41-25-14-28-45-50(41)43-27-13-26-42(51(43)52-45)48-35-19-7-5-17-33(35)46(32-15-3-2-4-16-32)34-18-6-8-20-36(34)48/h2*2-30H,1H3. The molecule has 0 saturated heterocycles. The Balaban J connectivity index is 0.000000136. The highest BCUT2D eigenvalue weighted by Gasteiger charge is 2.28. The minimum Gasteiger partial charge on any atom is -0.472 e. The molecule has 4 aromatic heterocycles. The predicted octanol–water partition coefficient (Wildman–Crippen LogP) is 30.0. The largest absolute Gasteiger partial charge is 0.472 e. The van der Waals surface area contributed by atoms with Crippen molar-refractivity contribution in [2.45, 2.75) is 13.8 Å². The van der Waals surface area contributed by atoms with Crippen LogP contribution in [0.2, 0.25) is 0 Å². The number of hydrogen-bond acceptors (Lipinski definition) is 4. The van der Waals surface area contributed by atoms with Crippen molar-refractivity contribution >= 4 is 141 Å². The predicted molar refractivity (Wildman–Crippen MR) is 451 cm³/mol. The zero-order chi connectivity index (χ0) is 70.1. The first kappa shape index (κ1) is 61.3. The number of hydrogen-bond donors (Lipinski definition) is 0. The first-order valence-electron chi connectivity index (χ1n) is 36.3. The molecule has 0 fully saturated rings. The molecule has 0 aliphatic rings. The Labute approximate surface area is 615 Å². The van der Waals surface area contributed by atoms with E-state index in [0.717, 1.165) is 71.7 Å². The molecule has 0 unspecified atom stereocenters. The molecule has 22 aromatic rings. The van der Waals surface area contributed by atoms with Crippen molar-refractivity contribution in [3.63, 3.8) is 0 Å². The van der Waals surface area contributed by atoms with Crippen LogP contribution in [-0.2, 0) is 0 Å². The third kappa shape index (κ3) is 9.38. The molecule has 4 heterocycles. The summed E-state index contributed by atoms with van der Waals surface area (Å²) in [7, 11) is 0. The van der Waals surface area contributed by atoms with E-state index >= 15 is 0 Å². The lowest BCUT2D eigenvalue weighted by Gasteiger charge is -2.18. The molecule has 0 N–H and O–H groups in total. The lowest BCUT2D eigenvalue weighted by molar-refractivity contribution is 0.566. The van der Waals surface area contributed by atoms with Crippen LogP contribution in [0.1, 0.15) is 11.1 Å². The van der Waals surface area contributed by atoms with Gasteiger partial charge in [-0.25, -0.2) is 0 Å². The first-order chi connectivity index (χ1) is 52.5. The van der Waals surface area contributed by atoms with Crippen molar-refractivity contribution in [3.05, 3.63) is 362 Å². The molecule has 0 bridgehead atoms. The maximum absolute atomic E-state index is 7.04. The Bertz CT molecular complexity index is 6680. The number of benzene rings is 18. The summed E-state index contributed by atoms with van der Waals surface area (Å²) >= 11 is 1.77. The first-order valence-corrected chi connectivity index (χ1v) is 37.3. The van der Waals surface area contributed by atoms with Crippen molar-refractivity contribution in [2.24, 2.45) is 0 Å². The average molecular weight is 1370 g/mol. The van der Waals surface area contributed by atoms with Crippen molar-refractivity contribution in [1.29, 1.82) is 0 Å². The topological polar surface area (TPSA) is 39.4 Å². The number of rotatable bonds is 8. The van der Waals surface area contributed by atoms with Gasteiger partial charge in [-0.1, -0.05) is 315 Å². The summed E-state index contributed by atoms with van der Waals surface area (Å²) in [6, 6.07) is 119. The maximum atomic E-state index is 7.04. The average Bonchev–Trinajstić information content (AvgIpc) is 0.958. The Hall–Kier alpha value is -13.4. The van der Waals surface area contributed by atoms with Crippen LogP contribution < -0.4 is 0 Å². The molecule has 496 valence electrons. The second kappa shape index (κ2) is 24.7. The van der Waals surface area contributed by atoms with Gasteiger partial charge in [0.05, 0.1) is 12.5 Å². The van der Waals surface area contributed by atoms with Gasteiger partial charge >= 0.3 is 0 Å². The fraction of sp³-hybridized carbons (Fsp3) is 0.0196. The normalized spacial score (nSPS) is 11.9. The molecule has 0 aliphatic heterocycles. The van der Waals surface area contributed by atoms with Crippen LogP contribution in [-0.4, -0.2) is 0 Å². The van der Waals surface area contributed by atoms with Gasteiger partial charge in [-0.15, -0.1) is 0 Å². The van der Waals surface area contributed by atoms with E-state index in [0.29, 0.717) is 0 Å². The summed E-state index contributed by atoms with van der Waals surface area (Å²) in [5.41, 5.74) is 25.3. The van der Waals surface area contributed by atoms with Crippen LogP contribution in [0.4, 0.5) is 0 Å². The second-order valence-electron chi connectivity index (χ2n) is 28.0. The molecule has 22 rings (SSSR count). The Morgan fingerprint density at radius 2 is 0.462 bits per heavy atom. The molecular weight excluding hydrogens is 1310 g/mol. The van der Waals surface area contributed by atoms with Crippen molar-refractivity contribution < 1.29 is 13.3 Å². The van der Waals surface area contributed by atoms with Gasteiger partial charge < -0.3 is 13.3 Å². The summed E-state index contributed by atoms with van der Waals surface area (Å²) in [5, 5.41) is 28.7. The summed E-state index contributed by atoms with van der Waals surface area (Å²) in [6.45, 7) is 4.34. The van der Waals surface area contributed by atoms with Gasteiger partial charge in [-0.3, -0.25) is 0 Å². The summed E-state index contributed by atoms with van der Waals surface area (Å²) in [6.07, 6.45) is 3.72. The third-order valence-corrected chi connectivity index (χ3v) is 23.1. The molecule has 0 amide bonds. The highest BCUT2D eigenvalue weighted by atomic mass is 32.1. The van der Waals surface area contributed by atoms with E-state index in [9.17, 15) is 0 Å². The van der Waals surface area contributed by atoms with Crippen molar-refractivity contribution in [1.82, 2.24) is 0 Å². The van der Waals surface area contributed by atoms with E-state index in [1.165, 1.54) is 159 Å². The minimum absolute atomic E-state index is 0.877.